The van der Waals surface area contributed by atoms with Crippen molar-refractivity contribution in [1.29, 1.82) is 0 Å². The first-order chi connectivity index (χ1) is 11.0. The zero-order valence-electron chi connectivity index (χ0n) is 12.5. The zero-order valence-corrected chi connectivity index (χ0v) is 13.3. The minimum atomic E-state index is -2.83. The molecule has 0 aromatic heterocycles. The number of hydrogen-bond donors (Lipinski definition) is 1. The molecule has 0 bridgehead atoms. The molecule has 1 N–H and O–H groups in total. The summed E-state index contributed by atoms with van der Waals surface area (Å²) in [5.74, 6) is 0.791. The van der Waals surface area contributed by atoms with Gasteiger partial charge >= 0.3 is 6.61 Å². The van der Waals surface area contributed by atoms with Crippen LogP contribution in [0.15, 0.2) is 24.3 Å². The summed E-state index contributed by atoms with van der Waals surface area (Å²) >= 11 is 1.27. The van der Waals surface area contributed by atoms with E-state index in [9.17, 15) is 18.4 Å². The fourth-order valence-electron chi connectivity index (χ4n) is 2.14. The normalized spacial score (nSPS) is 14.4. The molecule has 0 saturated carbocycles. The Kier molecular flexibility index (Phi) is 6.64. The molecule has 0 unspecified atom stereocenters. The lowest BCUT2D eigenvalue weighted by Crippen LogP contribution is -2.31. The Morgan fingerprint density at radius 1 is 1.35 bits per heavy atom. The molecule has 23 heavy (non-hydrogen) atoms. The number of nitrogens with zero attached hydrogens (tertiary/aromatic N) is 1. The molecular weight excluding hydrogens is 326 g/mol. The fraction of sp³-hybridized carbons (Fsp3) is 0.467. The molecule has 0 aliphatic carbocycles. The number of rotatable bonds is 8. The van der Waals surface area contributed by atoms with Gasteiger partial charge < -0.3 is 15.0 Å². The summed E-state index contributed by atoms with van der Waals surface area (Å²) in [4.78, 5) is 24.8. The Morgan fingerprint density at radius 3 is 2.70 bits per heavy atom. The molecule has 126 valence electrons. The highest BCUT2D eigenvalue weighted by molar-refractivity contribution is 8.13. The molecule has 5 nitrogen and oxygen atoms in total. The molecule has 1 heterocycles. The molecule has 0 atom stereocenters. The number of benzene rings is 1. The first-order valence-corrected chi connectivity index (χ1v) is 8.25. The van der Waals surface area contributed by atoms with Crippen LogP contribution in [0.25, 0.3) is 0 Å². The van der Waals surface area contributed by atoms with E-state index >= 15 is 0 Å². The number of nitrogens with one attached hydrogen (secondary N) is 1. The summed E-state index contributed by atoms with van der Waals surface area (Å²) < 4.78 is 28.3. The van der Waals surface area contributed by atoms with Gasteiger partial charge in [-0.25, -0.2) is 0 Å². The summed E-state index contributed by atoms with van der Waals surface area (Å²) in [5.41, 5.74) is 0.915. The average Bonchev–Trinajstić information content (AvgIpc) is 2.92. The number of halogens is 2. The van der Waals surface area contributed by atoms with E-state index in [2.05, 4.69) is 10.1 Å². The third-order valence-electron chi connectivity index (χ3n) is 3.34. The Balaban J connectivity index is 1.64. The number of hydrogen-bond acceptors (Lipinski definition) is 4. The SMILES string of the molecule is O=C(CCN1CCSC1=O)NCCc1ccc(OC(F)F)cc1. The van der Waals surface area contributed by atoms with Crippen molar-refractivity contribution in [3.8, 4) is 5.75 Å². The van der Waals surface area contributed by atoms with Gasteiger partial charge in [-0.1, -0.05) is 23.9 Å². The summed E-state index contributed by atoms with van der Waals surface area (Å²) in [5, 5.41) is 2.81. The minimum absolute atomic E-state index is 0.0314. The maximum atomic E-state index is 12.0. The van der Waals surface area contributed by atoms with Gasteiger partial charge in [0.15, 0.2) is 0 Å². The Bertz CT molecular complexity index is 540. The van der Waals surface area contributed by atoms with Crippen LogP contribution < -0.4 is 10.1 Å². The van der Waals surface area contributed by atoms with E-state index in [1.807, 2.05) is 0 Å². The van der Waals surface area contributed by atoms with E-state index in [-0.39, 0.29) is 23.3 Å². The molecule has 8 heteroatoms. The van der Waals surface area contributed by atoms with Crippen molar-refractivity contribution in [2.75, 3.05) is 25.4 Å². The molecule has 2 amide bonds. The van der Waals surface area contributed by atoms with E-state index in [1.54, 1.807) is 17.0 Å². The predicted molar refractivity (Wildman–Crippen MR) is 83.8 cm³/mol. The molecule has 1 fully saturated rings. The van der Waals surface area contributed by atoms with Crippen LogP contribution in [-0.2, 0) is 11.2 Å². The van der Waals surface area contributed by atoms with Gasteiger partial charge in [0.05, 0.1) is 0 Å². The summed E-state index contributed by atoms with van der Waals surface area (Å²) in [7, 11) is 0. The molecule has 1 aliphatic rings. The zero-order chi connectivity index (χ0) is 16.7. The highest BCUT2D eigenvalue weighted by atomic mass is 32.2. The van der Waals surface area contributed by atoms with Crippen LogP contribution in [0.3, 0.4) is 0 Å². The largest absolute Gasteiger partial charge is 0.435 e. The van der Waals surface area contributed by atoms with Gasteiger partial charge in [-0.05, 0) is 24.1 Å². The monoisotopic (exact) mass is 344 g/mol. The second kappa shape index (κ2) is 8.71. The number of amides is 2. The maximum absolute atomic E-state index is 12.0. The first-order valence-electron chi connectivity index (χ1n) is 7.27. The highest BCUT2D eigenvalue weighted by Crippen LogP contribution is 2.17. The van der Waals surface area contributed by atoms with Gasteiger partial charge in [0, 0.05) is 31.8 Å². The van der Waals surface area contributed by atoms with Gasteiger partial charge in [0.1, 0.15) is 5.75 Å². The minimum Gasteiger partial charge on any atom is -0.435 e. The standard InChI is InChI=1S/C15H18F2N2O3S/c16-14(17)22-12-3-1-11(2-4-12)5-7-18-13(20)6-8-19-9-10-23-15(19)21/h1-4,14H,5-10H2,(H,18,20). The van der Waals surface area contributed by atoms with Crippen LogP contribution in [-0.4, -0.2) is 48.0 Å². The van der Waals surface area contributed by atoms with Gasteiger partial charge in [-0.3, -0.25) is 9.59 Å². The Labute approximate surface area is 137 Å². The first kappa shape index (κ1) is 17.5. The number of ether oxygens (including phenoxy) is 1. The van der Waals surface area contributed by atoms with Crippen molar-refractivity contribution < 1.29 is 23.1 Å². The van der Waals surface area contributed by atoms with Crippen molar-refractivity contribution >= 4 is 22.9 Å². The fourth-order valence-corrected chi connectivity index (χ4v) is 2.99. The molecule has 1 aromatic carbocycles. The Hall–Kier alpha value is -1.83. The van der Waals surface area contributed by atoms with E-state index in [4.69, 9.17) is 0 Å². The number of thioether (sulfide) groups is 1. The van der Waals surface area contributed by atoms with Crippen LogP contribution >= 0.6 is 11.8 Å². The quantitative estimate of drug-likeness (QED) is 0.787. The third kappa shape index (κ3) is 6.05. The lowest BCUT2D eigenvalue weighted by Gasteiger charge is -2.13. The molecular formula is C15H18F2N2O3S. The van der Waals surface area contributed by atoms with Crippen molar-refractivity contribution in [3.05, 3.63) is 29.8 Å². The second-order valence-electron chi connectivity index (χ2n) is 4.97. The van der Waals surface area contributed by atoms with Gasteiger partial charge in [0.25, 0.3) is 5.24 Å². The van der Waals surface area contributed by atoms with Gasteiger partial charge in [-0.2, -0.15) is 8.78 Å². The number of carbonyl (C=O) groups excluding carboxylic acids is 2. The maximum Gasteiger partial charge on any atom is 0.387 e. The third-order valence-corrected chi connectivity index (χ3v) is 4.23. The lowest BCUT2D eigenvalue weighted by atomic mass is 10.1. The second-order valence-corrected chi connectivity index (χ2v) is 6.02. The molecule has 0 radical (unpaired) electrons. The lowest BCUT2D eigenvalue weighted by molar-refractivity contribution is -0.121. The summed E-state index contributed by atoms with van der Waals surface area (Å²) in [6, 6.07) is 6.31. The van der Waals surface area contributed by atoms with E-state index in [0.29, 0.717) is 26.1 Å². The molecule has 0 spiro atoms. The number of alkyl halides is 2. The van der Waals surface area contributed by atoms with Crippen molar-refractivity contribution in [3.63, 3.8) is 0 Å². The van der Waals surface area contributed by atoms with Crippen LogP contribution in [0.2, 0.25) is 0 Å². The summed E-state index contributed by atoms with van der Waals surface area (Å²) in [6.07, 6.45) is 0.882. The van der Waals surface area contributed by atoms with Crippen LogP contribution in [0.1, 0.15) is 12.0 Å². The molecule has 1 aromatic rings. The highest BCUT2D eigenvalue weighted by Gasteiger charge is 2.21. The van der Waals surface area contributed by atoms with Crippen molar-refractivity contribution in [2.45, 2.75) is 19.5 Å². The van der Waals surface area contributed by atoms with Crippen molar-refractivity contribution in [1.82, 2.24) is 10.2 Å². The van der Waals surface area contributed by atoms with E-state index in [0.717, 1.165) is 11.3 Å². The van der Waals surface area contributed by atoms with Gasteiger partial charge in [-0.15, -0.1) is 0 Å². The summed E-state index contributed by atoms with van der Waals surface area (Å²) in [6.45, 7) is -1.24. The molecule has 1 aliphatic heterocycles. The molecule has 1 saturated heterocycles. The predicted octanol–water partition coefficient (Wildman–Crippen LogP) is 2.51. The Morgan fingerprint density at radius 2 is 2.09 bits per heavy atom. The van der Waals surface area contributed by atoms with Crippen LogP contribution in [0, 0.1) is 0 Å². The van der Waals surface area contributed by atoms with E-state index in [1.165, 1.54) is 23.9 Å². The average molecular weight is 344 g/mol. The van der Waals surface area contributed by atoms with Crippen molar-refractivity contribution in [2.24, 2.45) is 0 Å². The molecule has 2 rings (SSSR count). The smallest absolute Gasteiger partial charge is 0.387 e. The number of carbonyl (C=O) groups is 2. The van der Waals surface area contributed by atoms with Gasteiger partial charge in [0.2, 0.25) is 5.91 Å². The topological polar surface area (TPSA) is 58.6 Å². The van der Waals surface area contributed by atoms with E-state index < -0.39 is 6.61 Å². The van der Waals surface area contributed by atoms with Crippen LogP contribution in [0.5, 0.6) is 5.75 Å². The van der Waals surface area contributed by atoms with Crippen LogP contribution in [0.4, 0.5) is 13.6 Å².